The van der Waals surface area contributed by atoms with Gasteiger partial charge in [0.15, 0.2) is 0 Å². The van der Waals surface area contributed by atoms with E-state index in [9.17, 15) is 14.9 Å². The van der Waals surface area contributed by atoms with Crippen LogP contribution in [0.25, 0.3) is 6.08 Å². The highest BCUT2D eigenvalue weighted by molar-refractivity contribution is 8.26. The molecule has 0 N–H and O–H groups in total. The molecule has 1 aromatic rings. The molecule has 1 atom stereocenters. The standard InChI is InChI=1S/C23H28N4O3S2/c1-15-17(12-19-22(29)27(23(31)32-19)14-16-8-7-11-30-16)20(25(2)21(28)18(15)13-24)26-9-5-3-4-6-10-26/h12,16H,3-11,14H2,1-2H3. The summed E-state index contributed by atoms with van der Waals surface area (Å²) in [6.45, 7) is 4.68. The number of amides is 1. The zero-order valence-corrected chi connectivity index (χ0v) is 20.2. The largest absolute Gasteiger partial charge is 0.376 e. The first-order chi connectivity index (χ1) is 15.4. The number of nitriles is 1. The van der Waals surface area contributed by atoms with Crippen molar-refractivity contribution in [2.45, 2.75) is 51.6 Å². The number of hydrogen-bond donors (Lipinski definition) is 0. The molecule has 170 valence electrons. The lowest BCUT2D eigenvalue weighted by molar-refractivity contribution is -0.123. The van der Waals surface area contributed by atoms with E-state index in [1.165, 1.54) is 11.8 Å². The van der Waals surface area contributed by atoms with Gasteiger partial charge in [0.25, 0.3) is 11.5 Å². The van der Waals surface area contributed by atoms with Crippen molar-refractivity contribution in [2.24, 2.45) is 7.05 Å². The summed E-state index contributed by atoms with van der Waals surface area (Å²) in [5.41, 5.74) is 1.18. The number of pyridine rings is 1. The van der Waals surface area contributed by atoms with Crippen molar-refractivity contribution in [1.29, 1.82) is 5.26 Å². The molecule has 3 aliphatic rings. The third-order valence-corrected chi connectivity index (χ3v) is 7.81. The summed E-state index contributed by atoms with van der Waals surface area (Å²) in [7, 11) is 1.71. The molecule has 3 fully saturated rings. The summed E-state index contributed by atoms with van der Waals surface area (Å²) in [5.74, 6) is 0.641. The fourth-order valence-corrected chi connectivity index (χ4v) is 5.91. The summed E-state index contributed by atoms with van der Waals surface area (Å²) in [6, 6.07) is 2.06. The Morgan fingerprint density at radius 3 is 2.56 bits per heavy atom. The molecule has 4 rings (SSSR count). The molecule has 0 radical (unpaired) electrons. The van der Waals surface area contributed by atoms with E-state index in [4.69, 9.17) is 17.0 Å². The van der Waals surface area contributed by atoms with Crippen LogP contribution in [-0.4, -0.2) is 52.0 Å². The van der Waals surface area contributed by atoms with Crippen LogP contribution in [-0.2, 0) is 16.6 Å². The van der Waals surface area contributed by atoms with E-state index >= 15 is 0 Å². The van der Waals surface area contributed by atoms with Crippen LogP contribution in [0.15, 0.2) is 9.70 Å². The first-order valence-electron chi connectivity index (χ1n) is 11.2. The molecule has 1 aromatic heterocycles. The number of thioether (sulfide) groups is 1. The molecule has 4 heterocycles. The maximum absolute atomic E-state index is 13.2. The smallest absolute Gasteiger partial charge is 0.270 e. The van der Waals surface area contributed by atoms with Gasteiger partial charge in [0.1, 0.15) is 21.8 Å². The van der Waals surface area contributed by atoms with E-state index < -0.39 is 0 Å². The Morgan fingerprint density at radius 1 is 1.22 bits per heavy atom. The molecule has 0 saturated carbocycles. The fraction of sp³-hybridized carbons (Fsp3) is 0.565. The molecule has 0 aromatic carbocycles. The minimum atomic E-state index is -0.299. The minimum absolute atomic E-state index is 0.0222. The molecule has 0 spiro atoms. The average Bonchev–Trinajstić information content (AvgIpc) is 3.27. The Balaban J connectivity index is 1.76. The summed E-state index contributed by atoms with van der Waals surface area (Å²) >= 11 is 6.78. The first-order valence-corrected chi connectivity index (χ1v) is 12.4. The van der Waals surface area contributed by atoms with Gasteiger partial charge in [0, 0.05) is 32.3 Å². The monoisotopic (exact) mass is 472 g/mol. The first kappa shape index (κ1) is 23.0. The van der Waals surface area contributed by atoms with E-state index in [0.717, 1.165) is 69.6 Å². The molecular weight excluding hydrogens is 444 g/mol. The zero-order valence-electron chi connectivity index (χ0n) is 18.6. The number of nitrogens with zero attached hydrogens (tertiary/aromatic N) is 4. The molecule has 7 nitrogen and oxygen atoms in total. The van der Waals surface area contributed by atoms with Crippen molar-refractivity contribution in [3.05, 3.63) is 31.9 Å². The van der Waals surface area contributed by atoms with Crippen LogP contribution in [0.4, 0.5) is 5.82 Å². The number of hydrogen-bond acceptors (Lipinski definition) is 7. The normalized spacial score (nSPS) is 23.2. The number of ether oxygens (including phenoxy) is 1. The molecule has 0 aliphatic carbocycles. The van der Waals surface area contributed by atoms with Crippen molar-refractivity contribution in [2.75, 3.05) is 31.1 Å². The van der Waals surface area contributed by atoms with Gasteiger partial charge in [-0.05, 0) is 44.2 Å². The second-order valence-electron chi connectivity index (χ2n) is 8.54. The summed E-state index contributed by atoms with van der Waals surface area (Å²) in [4.78, 5) is 30.5. The number of carbonyl (C=O) groups is 1. The molecular formula is C23H28N4O3S2. The minimum Gasteiger partial charge on any atom is -0.376 e. The van der Waals surface area contributed by atoms with Gasteiger partial charge in [0.05, 0.1) is 17.6 Å². The average molecular weight is 473 g/mol. The second kappa shape index (κ2) is 9.77. The highest BCUT2D eigenvalue weighted by Gasteiger charge is 2.35. The van der Waals surface area contributed by atoms with Gasteiger partial charge in [0.2, 0.25) is 0 Å². The molecule has 9 heteroatoms. The Labute approximate surface area is 198 Å². The molecule has 1 unspecified atom stereocenters. The van der Waals surface area contributed by atoms with E-state index in [-0.39, 0.29) is 23.1 Å². The van der Waals surface area contributed by atoms with Gasteiger partial charge in [-0.25, -0.2) is 0 Å². The molecule has 1 amide bonds. The van der Waals surface area contributed by atoms with Crippen LogP contribution < -0.4 is 10.5 Å². The number of thiocarbonyl (C=S) groups is 1. The number of rotatable bonds is 4. The van der Waals surface area contributed by atoms with Crippen molar-refractivity contribution >= 4 is 46.1 Å². The lowest BCUT2D eigenvalue weighted by atomic mass is 10.0. The fourth-order valence-electron chi connectivity index (χ4n) is 4.66. The van der Waals surface area contributed by atoms with Crippen LogP contribution in [0.3, 0.4) is 0 Å². The predicted molar refractivity (Wildman–Crippen MR) is 131 cm³/mol. The van der Waals surface area contributed by atoms with Crippen molar-refractivity contribution in [1.82, 2.24) is 9.47 Å². The predicted octanol–water partition coefficient (Wildman–Crippen LogP) is 3.33. The Hall–Kier alpha value is -2.15. The van der Waals surface area contributed by atoms with Crippen molar-refractivity contribution in [3.63, 3.8) is 0 Å². The summed E-state index contributed by atoms with van der Waals surface area (Å²) < 4.78 is 7.78. The molecule has 3 saturated heterocycles. The van der Waals surface area contributed by atoms with Gasteiger partial charge >= 0.3 is 0 Å². The number of aromatic nitrogens is 1. The Morgan fingerprint density at radius 2 is 1.94 bits per heavy atom. The van der Waals surface area contributed by atoms with Gasteiger partial charge in [-0.15, -0.1) is 0 Å². The zero-order chi connectivity index (χ0) is 22.8. The lowest BCUT2D eigenvalue weighted by Gasteiger charge is -2.28. The van der Waals surface area contributed by atoms with Crippen LogP contribution in [0.5, 0.6) is 0 Å². The highest BCUT2D eigenvalue weighted by atomic mass is 32.2. The second-order valence-corrected chi connectivity index (χ2v) is 10.2. The van der Waals surface area contributed by atoms with Crippen LogP contribution in [0.2, 0.25) is 0 Å². The van der Waals surface area contributed by atoms with Gasteiger partial charge in [-0.2, -0.15) is 5.26 Å². The molecule has 3 aliphatic heterocycles. The summed E-state index contributed by atoms with van der Waals surface area (Å²) in [6.07, 6.45) is 8.21. The topological polar surface area (TPSA) is 78.6 Å². The van der Waals surface area contributed by atoms with Gasteiger partial charge < -0.3 is 9.64 Å². The van der Waals surface area contributed by atoms with E-state index in [1.807, 2.05) is 6.08 Å². The highest BCUT2D eigenvalue weighted by Crippen LogP contribution is 2.36. The van der Waals surface area contributed by atoms with E-state index in [2.05, 4.69) is 11.0 Å². The lowest BCUT2D eigenvalue weighted by Crippen LogP contribution is -2.35. The Bertz CT molecular complexity index is 1060. The third-order valence-electron chi connectivity index (χ3n) is 6.43. The molecule has 32 heavy (non-hydrogen) atoms. The summed E-state index contributed by atoms with van der Waals surface area (Å²) in [5, 5.41) is 9.64. The Kier molecular flexibility index (Phi) is 7.03. The SMILES string of the molecule is Cc1c(C=C2SC(=S)N(CC3CCCO3)C2=O)c(N2CCCCCC2)n(C)c(=O)c1C#N. The maximum atomic E-state index is 13.2. The van der Waals surface area contributed by atoms with Crippen molar-refractivity contribution < 1.29 is 9.53 Å². The third kappa shape index (κ3) is 4.36. The van der Waals surface area contributed by atoms with Crippen LogP contribution >= 0.6 is 24.0 Å². The number of anilines is 1. The van der Waals surface area contributed by atoms with Crippen LogP contribution in [0, 0.1) is 18.3 Å². The molecule has 0 bridgehead atoms. The van der Waals surface area contributed by atoms with Crippen LogP contribution in [0.1, 0.15) is 55.2 Å². The van der Waals surface area contributed by atoms with E-state index in [0.29, 0.717) is 21.3 Å². The van der Waals surface area contributed by atoms with Gasteiger partial charge in [-0.1, -0.05) is 36.8 Å². The van der Waals surface area contributed by atoms with E-state index in [1.54, 1.807) is 23.4 Å². The quantitative estimate of drug-likeness (QED) is 0.491. The maximum Gasteiger partial charge on any atom is 0.270 e. The van der Waals surface area contributed by atoms with Crippen molar-refractivity contribution in [3.8, 4) is 6.07 Å². The van der Waals surface area contributed by atoms with Gasteiger partial charge in [-0.3, -0.25) is 19.1 Å². The number of carbonyl (C=O) groups excluding carboxylic acids is 1.